The van der Waals surface area contributed by atoms with Crippen LogP contribution in [0.5, 0.6) is 5.75 Å². The van der Waals surface area contributed by atoms with Crippen molar-refractivity contribution in [1.82, 2.24) is 0 Å². The van der Waals surface area contributed by atoms with Crippen LogP contribution in [0.3, 0.4) is 0 Å². The van der Waals surface area contributed by atoms with Gasteiger partial charge in [-0.2, -0.15) is 0 Å². The van der Waals surface area contributed by atoms with Gasteiger partial charge in [-0.1, -0.05) is 0 Å². The second-order valence-corrected chi connectivity index (χ2v) is 2.95. The Morgan fingerprint density at radius 3 is 2.71 bits per heavy atom. The third kappa shape index (κ3) is 2.02. The maximum atomic E-state index is 12.9. The van der Waals surface area contributed by atoms with E-state index in [1.165, 1.54) is 32.2 Å². The van der Waals surface area contributed by atoms with E-state index in [1.54, 1.807) is 0 Å². The van der Waals surface area contributed by atoms with Crippen LogP contribution in [0.2, 0.25) is 0 Å². The summed E-state index contributed by atoms with van der Waals surface area (Å²) in [5, 5.41) is 8.77. The van der Waals surface area contributed by atoms with Crippen LogP contribution < -0.4 is 4.74 Å². The lowest BCUT2D eigenvalue weighted by Gasteiger charge is -2.11. The molecule has 0 spiro atoms. The lowest BCUT2D eigenvalue weighted by Crippen LogP contribution is -2.09. The molecule has 14 heavy (non-hydrogen) atoms. The van der Waals surface area contributed by atoms with Crippen LogP contribution in [0, 0.1) is 5.82 Å². The molecule has 0 amide bonds. The van der Waals surface area contributed by atoms with Gasteiger partial charge in [0.1, 0.15) is 11.6 Å². The first-order valence-electron chi connectivity index (χ1n) is 4.12. The molecule has 0 bridgehead atoms. The zero-order valence-electron chi connectivity index (χ0n) is 7.95. The molecular formula is C10H11FO3. The van der Waals surface area contributed by atoms with Gasteiger partial charge in [0, 0.05) is 5.56 Å². The van der Waals surface area contributed by atoms with Crippen molar-refractivity contribution in [2.45, 2.75) is 12.8 Å². The molecule has 0 saturated carbocycles. The van der Waals surface area contributed by atoms with Gasteiger partial charge in [0.05, 0.1) is 13.0 Å². The third-order valence-electron chi connectivity index (χ3n) is 2.03. The van der Waals surface area contributed by atoms with Crippen molar-refractivity contribution >= 4 is 5.97 Å². The predicted molar refractivity (Wildman–Crippen MR) is 49.0 cm³/mol. The summed E-state index contributed by atoms with van der Waals surface area (Å²) in [7, 11) is 1.42. The van der Waals surface area contributed by atoms with Crippen molar-refractivity contribution < 1.29 is 19.0 Å². The number of hydrogen-bond donors (Lipinski definition) is 1. The number of aliphatic carboxylic acids is 1. The van der Waals surface area contributed by atoms with Crippen LogP contribution in [0.4, 0.5) is 4.39 Å². The van der Waals surface area contributed by atoms with Crippen LogP contribution in [-0.2, 0) is 4.79 Å². The Labute approximate surface area is 81.1 Å². The zero-order chi connectivity index (χ0) is 10.7. The van der Waals surface area contributed by atoms with E-state index in [-0.39, 0.29) is 0 Å². The SMILES string of the molecule is COc1ccc(F)cc1[C@H](C)C(=O)O. The maximum Gasteiger partial charge on any atom is 0.310 e. The molecule has 76 valence electrons. The zero-order valence-corrected chi connectivity index (χ0v) is 7.95. The van der Waals surface area contributed by atoms with Gasteiger partial charge < -0.3 is 9.84 Å². The van der Waals surface area contributed by atoms with Gasteiger partial charge >= 0.3 is 5.97 Å². The number of ether oxygens (including phenoxy) is 1. The van der Waals surface area contributed by atoms with Crippen LogP contribution in [-0.4, -0.2) is 18.2 Å². The van der Waals surface area contributed by atoms with Crippen molar-refractivity contribution in [3.8, 4) is 5.75 Å². The summed E-state index contributed by atoms with van der Waals surface area (Å²) < 4.78 is 17.8. The van der Waals surface area contributed by atoms with E-state index in [9.17, 15) is 9.18 Å². The first-order valence-corrected chi connectivity index (χ1v) is 4.12. The smallest absolute Gasteiger partial charge is 0.310 e. The largest absolute Gasteiger partial charge is 0.496 e. The molecule has 0 unspecified atom stereocenters. The molecule has 1 rings (SSSR count). The molecule has 1 N–H and O–H groups in total. The Kier molecular flexibility index (Phi) is 3.06. The van der Waals surface area contributed by atoms with E-state index in [0.29, 0.717) is 11.3 Å². The first kappa shape index (κ1) is 10.5. The summed E-state index contributed by atoms with van der Waals surface area (Å²) in [5.74, 6) is -1.86. The third-order valence-corrected chi connectivity index (χ3v) is 2.03. The van der Waals surface area contributed by atoms with Gasteiger partial charge in [0.15, 0.2) is 0 Å². The van der Waals surface area contributed by atoms with Crippen molar-refractivity contribution in [1.29, 1.82) is 0 Å². The number of carboxylic acids is 1. The minimum atomic E-state index is -1.01. The van der Waals surface area contributed by atoms with Gasteiger partial charge in [0.2, 0.25) is 0 Å². The van der Waals surface area contributed by atoms with Crippen molar-refractivity contribution in [2.24, 2.45) is 0 Å². The molecule has 1 aromatic carbocycles. The molecule has 4 heteroatoms. The highest BCUT2D eigenvalue weighted by Gasteiger charge is 2.18. The molecule has 0 aromatic heterocycles. The Hall–Kier alpha value is -1.58. The Balaban J connectivity index is 3.16. The highest BCUT2D eigenvalue weighted by Crippen LogP contribution is 2.27. The van der Waals surface area contributed by atoms with Crippen molar-refractivity contribution in [3.05, 3.63) is 29.6 Å². The molecule has 0 heterocycles. The standard InChI is InChI=1S/C10H11FO3/c1-6(10(12)13)8-5-7(11)3-4-9(8)14-2/h3-6H,1-2H3,(H,12,13)/t6-/m0/s1. The molecule has 0 fully saturated rings. The average molecular weight is 198 g/mol. The molecule has 0 aliphatic carbocycles. The number of halogens is 1. The van der Waals surface area contributed by atoms with E-state index in [4.69, 9.17) is 9.84 Å². The molecule has 0 aliphatic heterocycles. The van der Waals surface area contributed by atoms with Crippen LogP contribution >= 0.6 is 0 Å². The number of methoxy groups -OCH3 is 1. The highest BCUT2D eigenvalue weighted by molar-refractivity contribution is 5.76. The lowest BCUT2D eigenvalue weighted by atomic mass is 10.0. The number of hydrogen-bond acceptors (Lipinski definition) is 2. The van der Waals surface area contributed by atoms with E-state index < -0.39 is 17.7 Å². The molecular weight excluding hydrogens is 187 g/mol. The fraction of sp³-hybridized carbons (Fsp3) is 0.300. The summed E-state index contributed by atoms with van der Waals surface area (Å²) in [4.78, 5) is 10.7. The summed E-state index contributed by atoms with van der Waals surface area (Å²) in [5.41, 5.74) is 0.347. The molecule has 0 radical (unpaired) electrons. The summed E-state index contributed by atoms with van der Waals surface area (Å²) in [6, 6.07) is 3.83. The van der Waals surface area contributed by atoms with Crippen LogP contribution in [0.15, 0.2) is 18.2 Å². The fourth-order valence-corrected chi connectivity index (χ4v) is 1.18. The Morgan fingerprint density at radius 2 is 2.21 bits per heavy atom. The molecule has 1 aromatic rings. The van der Waals surface area contributed by atoms with Crippen LogP contribution in [0.1, 0.15) is 18.4 Å². The number of carboxylic acid groups (broad SMARTS) is 1. The Morgan fingerprint density at radius 1 is 1.57 bits per heavy atom. The highest BCUT2D eigenvalue weighted by atomic mass is 19.1. The number of rotatable bonds is 3. The van der Waals surface area contributed by atoms with Crippen molar-refractivity contribution in [3.63, 3.8) is 0 Å². The first-order chi connectivity index (χ1) is 6.56. The fourth-order valence-electron chi connectivity index (χ4n) is 1.18. The second-order valence-electron chi connectivity index (χ2n) is 2.95. The summed E-state index contributed by atoms with van der Waals surface area (Å²) >= 11 is 0. The Bertz CT molecular complexity index is 349. The van der Waals surface area contributed by atoms with E-state index >= 15 is 0 Å². The van der Waals surface area contributed by atoms with Gasteiger partial charge in [0.25, 0.3) is 0 Å². The van der Waals surface area contributed by atoms with Gasteiger partial charge in [-0.3, -0.25) is 4.79 Å². The van der Waals surface area contributed by atoms with E-state index in [0.717, 1.165) is 0 Å². The van der Waals surface area contributed by atoms with Gasteiger partial charge in [-0.25, -0.2) is 4.39 Å². The minimum absolute atomic E-state index is 0.347. The maximum absolute atomic E-state index is 12.9. The molecule has 0 saturated heterocycles. The summed E-state index contributed by atoms with van der Waals surface area (Å²) in [6.45, 7) is 1.49. The molecule has 3 nitrogen and oxygen atoms in total. The van der Waals surface area contributed by atoms with E-state index in [2.05, 4.69) is 0 Å². The lowest BCUT2D eigenvalue weighted by molar-refractivity contribution is -0.138. The monoisotopic (exact) mass is 198 g/mol. The number of benzene rings is 1. The second kappa shape index (κ2) is 4.09. The predicted octanol–water partition coefficient (Wildman–Crippen LogP) is 2.02. The van der Waals surface area contributed by atoms with Gasteiger partial charge in [-0.15, -0.1) is 0 Å². The average Bonchev–Trinajstić information content (AvgIpc) is 2.16. The molecule has 0 aliphatic rings. The topological polar surface area (TPSA) is 46.5 Å². The molecule has 1 atom stereocenters. The van der Waals surface area contributed by atoms with E-state index in [1.807, 2.05) is 0 Å². The quantitative estimate of drug-likeness (QED) is 0.808. The van der Waals surface area contributed by atoms with Gasteiger partial charge in [-0.05, 0) is 25.1 Å². The minimum Gasteiger partial charge on any atom is -0.496 e. The van der Waals surface area contributed by atoms with Crippen LogP contribution in [0.25, 0.3) is 0 Å². The summed E-state index contributed by atoms with van der Waals surface area (Å²) in [6.07, 6.45) is 0. The normalized spacial score (nSPS) is 12.2. The van der Waals surface area contributed by atoms with Crippen molar-refractivity contribution in [2.75, 3.05) is 7.11 Å². The number of carbonyl (C=O) groups is 1.